The van der Waals surface area contributed by atoms with Crippen LogP contribution in [-0.2, 0) is 14.3 Å². The number of nitrogens with zero attached hydrogens (tertiary/aromatic N) is 1. The van der Waals surface area contributed by atoms with Crippen molar-refractivity contribution in [3.05, 3.63) is 0 Å². The Labute approximate surface area is 99.7 Å². The third-order valence-corrected chi connectivity index (χ3v) is 4.26. The number of carbonyl (C=O) groups excluding carboxylic acids is 1. The van der Waals surface area contributed by atoms with E-state index in [1.165, 1.54) is 6.42 Å². The van der Waals surface area contributed by atoms with Crippen LogP contribution in [0.15, 0.2) is 0 Å². The second-order valence-corrected chi connectivity index (χ2v) is 5.35. The minimum atomic E-state index is -0.955. The molecule has 2 aliphatic heterocycles. The Kier molecular flexibility index (Phi) is 2.58. The Hall–Kier alpha value is -1.10. The standard InChI is InChI=1S/C12H17NO4/c14-11(9-3-4-10(17-9)12(15)16)13-6-7-1-2-8(13)5-7/h7-10H,1-6H2,(H,15,16)/t7?,8?,9-,10+/m0/s1. The number of rotatable bonds is 2. The average molecular weight is 239 g/mol. The number of hydrogen-bond donors (Lipinski definition) is 1. The molecule has 0 spiro atoms. The number of fused-ring (bicyclic) bond motifs is 2. The van der Waals surface area contributed by atoms with Crippen LogP contribution in [0.5, 0.6) is 0 Å². The zero-order valence-corrected chi connectivity index (χ0v) is 9.67. The molecule has 3 aliphatic rings. The highest BCUT2D eigenvalue weighted by Crippen LogP contribution is 2.38. The molecule has 1 N–H and O–H groups in total. The molecule has 17 heavy (non-hydrogen) atoms. The predicted octanol–water partition coefficient (Wildman–Crippen LogP) is 0.629. The summed E-state index contributed by atoms with van der Waals surface area (Å²) in [4.78, 5) is 24.9. The van der Waals surface area contributed by atoms with Gasteiger partial charge in [0.2, 0.25) is 0 Å². The van der Waals surface area contributed by atoms with Crippen molar-refractivity contribution in [2.24, 2.45) is 5.92 Å². The summed E-state index contributed by atoms with van der Waals surface area (Å²) in [5, 5.41) is 8.83. The van der Waals surface area contributed by atoms with Gasteiger partial charge in [0, 0.05) is 12.6 Å². The number of likely N-dealkylation sites (tertiary alicyclic amines) is 1. The van der Waals surface area contributed by atoms with E-state index in [0.717, 1.165) is 19.4 Å². The van der Waals surface area contributed by atoms with Crippen molar-refractivity contribution in [3.8, 4) is 0 Å². The van der Waals surface area contributed by atoms with E-state index in [1.54, 1.807) is 0 Å². The van der Waals surface area contributed by atoms with Crippen LogP contribution in [0, 0.1) is 5.92 Å². The lowest BCUT2D eigenvalue weighted by molar-refractivity contribution is -0.155. The molecule has 2 saturated heterocycles. The van der Waals surface area contributed by atoms with Gasteiger partial charge in [-0.1, -0.05) is 0 Å². The van der Waals surface area contributed by atoms with Crippen LogP contribution in [0.1, 0.15) is 32.1 Å². The molecule has 4 atom stereocenters. The number of carboxylic acid groups (broad SMARTS) is 1. The summed E-state index contributed by atoms with van der Waals surface area (Å²) >= 11 is 0. The molecule has 1 saturated carbocycles. The first-order valence-corrected chi connectivity index (χ1v) is 6.34. The maximum absolute atomic E-state index is 12.2. The van der Waals surface area contributed by atoms with Crippen LogP contribution in [0.4, 0.5) is 0 Å². The number of aliphatic carboxylic acids is 1. The molecular formula is C12H17NO4. The summed E-state index contributed by atoms with van der Waals surface area (Å²) in [6, 6.07) is 0.389. The zero-order valence-electron chi connectivity index (χ0n) is 9.67. The molecule has 2 unspecified atom stereocenters. The molecule has 3 rings (SSSR count). The van der Waals surface area contributed by atoms with Crippen molar-refractivity contribution >= 4 is 11.9 Å². The maximum atomic E-state index is 12.2. The van der Waals surface area contributed by atoms with Gasteiger partial charge in [-0.15, -0.1) is 0 Å². The van der Waals surface area contributed by atoms with Crippen LogP contribution in [0.25, 0.3) is 0 Å². The van der Waals surface area contributed by atoms with Crippen molar-refractivity contribution in [3.63, 3.8) is 0 Å². The van der Waals surface area contributed by atoms with Gasteiger partial charge in [0.05, 0.1) is 0 Å². The van der Waals surface area contributed by atoms with Crippen molar-refractivity contribution in [2.45, 2.75) is 50.4 Å². The van der Waals surface area contributed by atoms with E-state index in [9.17, 15) is 9.59 Å². The highest BCUT2D eigenvalue weighted by molar-refractivity contribution is 5.83. The minimum absolute atomic E-state index is 0.0148. The van der Waals surface area contributed by atoms with E-state index in [1.807, 2.05) is 4.90 Å². The van der Waals surface area contributed by atoms with E-state index in [-0.39, 0.29) is 5.91 Å². The fraction of sp³-hybridized carbons (Fsp3) is 0.833. The van der Waals surface area contributed by atoms with Gasteiger partial charge < -0.3 is 14.7 Å². The van der Waals surface area contributed by atoms with Gasteiger partial charge in [-0.2, -0.15) is 0 Å². The van der Waals surface area contributed by atoms with Crippen LogP contribution in [0.3, 0.4) is 0 Å². The van der Waals surface area contributed by atoms with Gasteiger partial charge >= 0.3 is 5.97 Å². The SMILES string of the molecule is O=C(O)[C@H]1CC[C@@H](C(=O)N2CC3CCC2C3)O1. The predicted molar refractivity (Wildman–Crippen MR) is 58.4 cm³/mol. The lowest BCUT2D eigenvalue weighted by Gasteiger charge is -2.29. The molecule has 0 aromatic heterocycles. The van der Waals surface area contributed by atoms with E-state index < -0.39 is 18.2 Å². The van der Waals surface area contributed by atoms with Crippen LogP contribution in [-0.4, -0.2) is 46.7 Å². The molecule has 0 aromatic rings. The topological polar surface area (TPSA) is 66.8 Å². The van der Waals surface area contributed by atoms with Crippen molar-refractivity contribution < 1.29 is 19.4 Å². The molecule has 1 aliphatic carbocycles. The third kappa shape index (κ3) is 1.82. The number of carbonyl (C=O) groups is 2. The zero-order chi connectivity index (χ0) is 12.0. The largest absolute Gasteiger partial charge is 0.479 e. The lowest BCUT2D eigenvalue weighted by atomic mass is 10.1. The maximum Gasteiger partial charge on any atom is 0.332 e. The summed E-state index contributed by atoms with van der Waals surface area (Å²) in [5.41, 5.74) is 0. The lowest BCUT2D eigenvalue weighted by Crippen LogP contribution is -2.44. The van der Waals surface area contributed by atoms with Crippen LogP contribution >= 0.6 is 0 Å². The molecule has 5 heteroatoms. The third-order valence-electron chi connectivity index (χ3n) is 4.26. The average Bonchev–Trinajstić information content (AvgIpc) is 3.03. The molecule has 5 nitrogen and oxygen atoms in total. The summed E-state index contributed by atoms with van der Waals surface area (Å²) in [5.74, 6) is -0.273. The Morgan fingerprint density at radius 3 is 2.41 bits per heavy atom. The quantitative estimate of drug-likeness (QED) is 0.767. The van der Waals surface area contributed by atoms with Crippen molar-refractivity contribution in [2.75, 3.05) is 6.54 Å². The normalized spacial score (nSPS) is 39.9. The summed E-state index contributed by atoms with van der Waals surface area (Å²) < 4.78 is 5.31. The van der Waals surface area contributed by atoms with E-state index in [4.69, 9.17) is 9.84 Å². The van der Waals surface area contributed by atoms with E-state index in [0.29, 0.717) is 24.8 Å². The highest BCUT2D eigenvalue weighted by Gasteiger charge is 2.44. The molecular weight excluding hydrogens is 222 g/mol. The van der Waals surface area contributed by atoms with Gasteiger partial charge in [0.15, 0.2) is 6.10 Å². The van der Waals surface area contributed by atoms with Gasteiger partial charge in [-0.3, -0.25) is 4.79 Å². The molecule has 3 fully saturated rings. The Bertz CT molecular complexity index is 356. The van der Waals surface area contributed by atoms with Crippen LogP contribution in [0.2, 0.25) is 0 Å². The molecule has 94 valence electrons. The fourth-order valence-electron chi connectivity index (χ4n) is 3.38. The first kappa shape index (κ1) is 11.0. The van der Waals surface area contributed by atoms with E-state index >= 15 is 0 Å². The number of ether oxygens (including phenoxy) is 1. The second kappa shape index (κ2) is 3.98. The fourth-order valence-corrected chi connectivity index (χ4v) is 3.38. The first-order chi connectivity index (χ1) is 8.15. The van der Waals surface area contributed by atoms with Gasteiger partial charge in [0.25, 0.3) is 5.91 Å². The summed E-state index contributed by atoms with van der Waals surface area (Å²) in [6.45, 7) is 0.848. The molecule has 2 bridgehead atoms. The Balaban J connectivity index is 1.62. The smallest absolute Gasteiger partial charge is 0.332 e. The van der Waals surface area contributed by atoms with Gasteiger partial charge in [-0.25, -0.2) is 4.79 Å². The first-order valence-electron chi connectivity index (χ1n) is 6.34. The van der Waals surface area contributed by atoms with Crippen molar-refractivity contribution in [1.29, 1.82) is 0 Å². The molecule has 1 amide bonds. The summed E-state index contributed by atoms with van der Waals surface area (Å²) in [7, 11) is 0. The molecule has 2 heterocycles. The van der Waals surface area contributed by atoms with Crippen LogP contribution < -0.4 is 0 Å². The molecule has 0 aromatic carbocycles. The molecule has 0 radical (unpaired) electrons. The number of carboxylic acids is 1. The monoisotopic (exact) mass is 239 g/mol. The Morgan fingerprint density at radius 1 is 1.12 bits per heavy atom. The van der Waals surface area contributed by atoms with Crippen molar-refractivity contribution in [1.82, 2.24) is 4.90 Å². The minimum Gasteiger partial charge on any atom is -0.479 e. The number of hydrogen-bond acceptors (Lipinski definition) is 3. The highest BCUT2D eigenvalue weighted by atomic mass is 16.5. The van der Waals surface area contributed by atoms with Gasteiger partial charge in [0.1, 0.15) is 6.10 Å². The Morgan fingerprint density at radius 2 is 1.88 bits per heavy atom. The second-order valence-electron chi connectivity index (χ2n) is 5.35. The van der Waals surface area contributed by atoms with E-state index in [2.05, 4.69) is 0 Å². The summed E-state index contributed by atoms with van der Waals surface area (Å²) in [6.07, 6.45) is 3.15. The number of piperidine rings is 1. The number of amides is 1. The van der Waals surface area contributed by atoms with Gasteiger partial charge in [-0.05, 0) is 38.0 Å².